The smallest absolute Gasteiger partial charge is 0.407 e. The molecule has 0 saturated carbocycles. The number of carbonyl (C=O) groups is 1. The molecule has 1 aliphatic heterocycles. The molecule has 20 heavy (non-hydrogen) atoms. The van der Waals surface area contributed by atoms with Gasteiger partial charge in [-0.3, -0.25) is 4.90 Å². The molecule has 0 aromatic heterocycles. The van der Waals surface area contributed by atoms with Crippen LogP contribution in [-0.4, -0.2) is 47.7 Å². The first kappa shape index (κ1) is 14.8. The monoisotopic (exact) mass is 280 g/mol. The number of halogens is 1. The quantitative estimate of drug-likeness (QED) is 0.906. The van der Waals surface area contributed by atoms with E-state index < -0.39 is 6.09 Å². The van der Waals surface area contributed by atoms with Gasteiger partial charge >= 0.3 is 6.09 Å². The van der Waals surface area contributed by atoms with Crippen molar-refractivity contribution in [3.05, 3.63) is 35.1 Å². The van der Waals surface area contributed by atoms with E-state index in [0.29, 0.717) is 6.54 Å². The van der Waals surface area contributed by atoms with Crippen LogP contribution in [0.1, 0.15) is 30.0 Å². The Bertz CT molecular complexity index is 505. The van der Waals surface area contributed by atoms with Crippen molar-refractivity contribution in [2.75, 3.05) is 20.6 Å². The summed E-state index contributed by atoms with van der Waals surface area (Å²) in [5.74, 6) is -0.287. The van der Waals surface area contributed by atoms with Crippen LogP contribution in [0.5, 0.6) is 0 Å². The summed E-state index contributed by atoms with van der Waals surface area (Å²) in [6, 6.07) is 4.47. The highest BCUT2D eigenvalue weighted by Crippen LogP contribution is 2.35. The van der Waals surface area contributed by atoms with Crippen molar-refractivity contribution in [2.45, 2.75) is 31.8 Å². The number of likely N-dealkylation sites (tertiary alicyclic amines) is 1. The van der Waals surface area contributed by atoms with Gasteiger partial charge in [0.25, 0.3) is 0 Å². The Balaban J connectivity index is 2.46. The summed E-state index contributed by atoms with van der Waals surface area (Å²) in [5.41, 5.74) is 1.70. The van der Waals surface area contributed by atoms with Gasteiger partial charge in [0.05, 0.1) is 6.04 Å². The van der Waals surface area contributed by atoms with Crippen LogP contribution in [0.3, 0.4) is 0 Å². The molecule has 1 aliphatic rings. The molecule has 2 rings (SSSR count). The molecule has 1 fully saturated rings. The van der Waals surface area contributed by atoms with E-state index >= 15 is 0 Å². The largest absolute Gasteiger partial charge is 0.465 e. The van der Waals surface area contributed by atoms with Crippen LogP contribution in [0.25, 0.3) is 0 Å². The highest BCUT2D eigenvalue weighted by Gasteiger charge is 2.37. The Morgan fingerprint density at radius 2 is 2.15 bits per heavy atom. The molecule has 5 heteroatoms. The molecular weight excluding hydrogens is 259 g/mol. The van der Waals surface area contributed by atoms with E-state index in [1.165, 1.54) is 17.0 Å². The van der Waals surface area contributed by atoms with Crippen LogP contribution in [0.15, 0.2) is 18.2 Å². The lowest BCUT2D eigenvalue weighted by molar-refractivity contribution is 0.0591. The molecule has 0 aliphatic carbocycles. The summed E-state index contributed by atoms with van der Waals surface area (Å²) < 4.78 is 13.3. The molecule has 1 amide bonds. The van der Waals surface area contributed by atoms with Crippen LogP contribution in [0.2, 0.25) is 0 Å². The fourth-order valence-electron chi connectivity index (χ4n) is 3.08. The van der Waals surface area contributed by atoms with Crippen LogP contribution >= 0.6 is 0 Å². The number of likely N-dealkylation sites (N-methyl/N-ethyl adjacent to an activating group) is 1. The zero-order chi connectivity index (χ0) is 14.9. The summed E-state index contributed by atoms with van der Waals surface area (Å²) in [4.78, 5) is 15.1. The Hall–Kier alpha value is -1.62. The maximum absolute atomic E-state index is 13.3. The molecule has 110 valence electrons. The number of piperidine rings is 1. The minimum absolute atomic E-state index is 0.115. The van der Waals surface area contributed by atoms with Gasteiger partial charge in [-0.2, -0.15) is 0 Å². The molecule has 1 heterocycles. The van der Waals surface area contributed by atoms with Crippen molar-refractivity contribution in [3.8, 4) is 0 Å². The van der Waals surface area contributed by atoms with Crippen LogP contribution < -0.4 is 0 Å². The highest BCUT2D eigenvalue weighted by molar-refractivity contribution is 5.66. The fraction of sp³-hybridized carbons (Fsp3) is 0.533. The summed E-state index contributed by atoms with van der Waals surface area (Å²) in [7, 11) is 3.92. The molecule has 0 spiro atoms. The predicted octanol–water partition coefficient (Wildman–Crippen LogP) is 2.88. The lowest BCUT2D eigenvalue weighted by atomic mass is 9.87. The Labute approximate surface area is 118 Å². The number of carboxylic acid groups (broad SMARTS) is 1. The Morgan fingerprint density at radius 1 is 1.45 bits per heavy atom. The van der Waals surface area contributed by atoms with E-state index in [4.69, 9.17) is 0 Å². The van der Waals surface area contributed by atoms with Crippen molar-refractivity contribution in [2.24, 2.45) is 0 Å². The number of aryl methyl sites for hydroxylation is 1. The highest BCUT2D eigenvalue weighted by atomic mass is 19.1. The van der Waals surface area contributed by atoms with Gasteiger partial charge in [-0.05, 0) is 57.1 Å². The molecular formula is C15H21FN2O2. The number of rotatable bonds is 2. The van der Waals surface area contributed by atoms with Gasteiger partial charge in [-0.15, -0.1) is 0 Å². The molecule has 0 radical (unpaired) electrons. The molecule has 1 N–H and O–H groups in total. The summed E-state index contributed by atoms with van der Waals surface area (Å²) in [5, 5.41) is 9.45. The van der Waals surface area contributed by atoms with Crippen LogP contribution in [0, 0.1) is 12.7 Å². The average molecular weight is 280 g/mol. The van der Waals surface area contributed by atoms with Crippen molar-refractivity contribution < 1.29 is 14.3 Å². The van der Waals surface area contributed by atoms with Gasteiger partial charge in [0, 0.05) is 12.6 Å². The number of hydrogen-bond donors (Lipinski definition) is 1. The van der Waals surface area contributed by atoms with Crippen LogP contribution in [-0.2, 0) is 0 Å². The first-order valence-electron chi connectivity index (χ1n) is 6.84. The third kappa shape index (κ3) is 2.77. The molecule has 1 aromatic rings. The van der Waals surface area contributed by atoms with Gasteiger partial charge in [0.2, 0.25) is 0 Å². The number of amides is 1. The van der Waals surface area contributed by atoms with Gasteiger partial charge in [0.15, 0.2) is 0 Å². The number of hydrogen-bond acceptors (Lipinski definition) is 2. The normalized spacial score (nSPS) is 23.1. The third-order valence-corrected chi connectivity index (χ3v) is 4.06. The minimum Gasteiger partial charge on any atom is -0.465 e. The number of nitrogens with zero attached hydrogens (tertiary/aromatic N) is 2. The van der Waals surface area contributed by atoms with Crippen molar-refractivity contribution >= 4 is 6.09 Å². The third-order valence-electron chi connectivity index (χ3n) is 4.06. The van der Waals surface area contributed by atoms with E-state index in [-0.39, 0.29) is 17.9 Å². The van der Waals surface area contributed by atoms with E-state index in [0.717, 1.165) is 24.0 Å². The van der Waals surface area contributed by atoms with Gasteiger partial charge in [0.1, 0.15) is 5.82 Å². The standard InChI is InChI=1S/C15H21FN2O2/c1-10-9-11(16)6-7-12(10)14-13(17(2)3)5-4-8-18(14)15(19)20/h6-7,9,13-14H,4-5,8H2,1-3H3,(H,19,20). The second kappa shape index (κ2) is 5.79. The topological polar surface area (TPSA) is 43.8 Å². The Morgan fingerprint density at radius 3 is 2.70 bits per heavy atom. The van der Waals surface area contributed by atoms with Crippen LogP contribution in [0.4, 0.5) is 9.18 Å². The Kier molecular flexibility index (Phi) is 4.28. The molecule has 4 nitrogen and oxygen atoms in total. The van der Waals surface area contributed by atoms with Gasteiger partial charge < -0.3 is 10.0 Å². The molecule has 1 aromatic carbocycles. The maximum Gasteiger partial charge on any atom is 0.407 e. The van der Waals surface area contributed by atoms with E-state index in [9.17, 15) is 14.3 Å². The molecule has 2 unspecified atom stereocenters. The number of benzene rings is 1. The maximum atomic E-state index is 13.3. The van der Waals surface area contributed by atoms with Crippen molar-refractivity contribution in [1.82, 2.24) is 9.80 Å². The van der Waals surface area contributed by atoms with E-state index in [1.54, 1.807) is 6.07 Å². The van der Waals surface area contributed by atoms with Crippen molar-refractivity contribution in [1.29, 1.82) is 0 Å². The second-order valence-corrected chi connectivity index (χ2v) is 5.59. The molecule has 2 atom stereocenters. The molecule has 0 bridgehead atoms. The lowest BCUT2D eigenvalue weighted by Gasteiger charge is -2.43. The minimum atomic E-state index is -0.912. The first-order chi connectivity index (χ1) is 9.41. The first-order valence-corrected chi connectivity index (χ1v) is 6.84. The van der Waals surface area contributed by atoms with Gasteiger partial charge in [-0.1, -0.05) is 6.07 Å². The zero-order valence-electron chi connectivity index (χ0n) is 12.1. The van der Waals surface area contributed by atoms with E-state index in [2.05, 4.69) is 4.90 Å². The summed E-state index contributed by atoms with van der Waals surface area (Å²) in [6.45, 7) is 2.36. The second-order valence-electron chi connectivity index (χ2n) is 5.59. The lowest BCUT2D eigenvalue weighted by Crippen LogP contribution is -2.49. The summed E-state index contributed by atoms with van der Waals surface area (Å²) >= 11 is 0. The van der Waals surface area contributed by atoms with E-state index in [1.807, 2.05) is 21.0 Å². The average Bonchev–Trinajstić information content (AvgIpc) is 2.37. The van der Waals surface area contributed by atoms with Gasteiger partial charge in [-0.25, -0.2) is 9.18 Å². The molecule has 1 saturated heterocycles. The van der Waals surface area contributed by atoms with Crippen molar-refractivity contribution in [3.63, 3.8) is 0 Å². The fourth-order valence-corrected chi connectivity index (χ4v) is 3.08. The predicted molar refractivity (Wildman–Crippen MR) is 75.3 cm³/mol. The summed E-state index contributed by atoms with van der Waals surface area (Å²) in [6.07, 6.45) is 0.884. The zero-order valence-corrected chi connectivity index (χ0v) is 12.1. The SMILES string of the molecule is Cc1cc(F)ccc1C1C(N(C)C)CCCN1C(=O)O.